The van der Waals surface area contributed by atoms with Crippen LogP contribution in [0.15, 0.2) is 12.4 Å². The normalized spacial score (nSPS) is 16.5. The highest BCUT2D eigenvalue weighted by atomic mass is 16.5. The van der Waals surface area contributed by atoms with Crippen LogP contribution in [0.4, 0.5) is 0 Å². The van der Waals surface area contributed by atoms with Crippen molar-refractivity contribution in [1.29, 1.82) is 0 Å². The minimum Gasteiger partial charge on any atom is -0.379 e. The number of hydrogen-bond donors (Lipinski definition) is 0. The van der Waals surface area contributed by atoms with E-state index in [2.05, 4.69) is 55.0 Å². The van der Waals surface area contributed by atoms with Crippen LogP contribution < -0.4 is 0 Å². The predicted octanol–water partition coefficient (Wildman–Crippen LogP) is 2.71. The fraction of sp³-hybridized carbons (Fsp3) is 0.684. The average Bonchev–Trinajstić information content (AvgIpc) is 3.14. The molecule has 1 aliphatic rings. The molecule has 0 bridgehead atoms. The van der Waals surface area contributed by atoms with E-state index in [1.54, 1.807) is 0 Å². The van der Waals surface area contributed by atoms with Crippen molar-refractivity contribution in [2.75, 3.05) is 32.8 Å². The summed E-state index contributed by atoms with van der Waals surface area (Å²) in [6, 6.07) is 0. The standard InChI is InChI=1S/C19H31N5O/c1-6-8-24-16(3)17(15(2)21-24)23-9-7-20-18(23)19(4,5)14-22-10-12-25-13-11-22/h7,9H,6,8,10-14H2,1-5H3. The summed E-state index contributed by atoms with van der Waals surface area (Å²) in [5.41, 5.74) is 3.40. The first kappa shape index (κ1) is 18.1. The van der Waals surface area contributed by atoms with E-state index >= 15 is 0 Å². The van der Waals surface area contributed by atoms with Crippen molar-refractivity contribution < 1.29 is 4.74 Å². The number of ether oxygens (including phenoxy) is 1. The van der Waals surface area contributed by atoms with Crippen LogP contribution in [0.3, 0.4) is 0 Å². The van der Waals surface area contributed by atoms with E-state index in [9.17, 15) is 0 Å². The van der Waals surface area contributed by atoms with Crippen molar-refractivity contribution in [3.63, 3.8) is 0 Å². The first-order valence-electron chi connectivity index (χ1n) is 9.32. The maximum Gasteiger partial charge on any atom is 0.120 e. The molecular weight excluding hydrogens is 314 g/mol. The highest BCUT2D eigenvalue weighted by molar-refractivity contribution is 5.43. The molecule has 0 spiro atoms. The van der Waals surface area contributed by atoms with Gasteiger partial charge in [0.15, 0.2) is 0 Å². The highest BCUT2D eigenvalue weighted by Crippen LogP contribution is 2.28. The van der Waals surface area contributed by atoms with Crippen LogP contribution in [0.1, 0.15) is 44.4 Å². The summed E-state index contributed by atoms with van der Waals surface area (Å²) < 4.78 is 9.84. The maximum atomic E-state index is 5.48. The van der Waals surface area contributed by atoms with E-state index in [0.717, 1.165) is 57.3 Å². The molecular formula is C19H31N5O. The Bertz CT molecular complexity index is 709. The summed E-state index contributed by atoms with van der Waals surface area (Å²) in [5.74, 6) is 1.10. The summed E-state index contributed by atoms with van der Waals surface area (Å²) in [7, 11) is 0. The Morgan fingerprint density at radius 1 is 1.20 bits per heavy atom. The Morgan fingerprint density at radius 2 is 1.92 bits per heavy atom. The lowest BCUT2D eigenvalue weighted by Gasteiger charge is -2.34. The minimum atomic E-state index is -0.0490. The van der Waals surface area contributed by atoms with Crippen LogP contribution in [0.2, 0.25) is 0 Å². The average molecular weight is 345 g/mol. The molecule has 1 fully saturated rings. The summed E-state index contributed by atoms with van der Waals surface area (Å²) >= 11 is 0. The zero-order valence-electron chi connectivity index (χ0n) is 16.2. The number of aromatic nitrogens is 4. The third kappa shape index (κ3) is 3.65. The van der Waals surface area contributed by atoms with Gasteiger partial charge in [-0.2, -0.15) is 5.10 Å². The van der Waals surface area contributed by atoms with Crippen LogP contribution >= 0.6 is 0 Å². The van der Waals surface area contributed by atoms with Crippen molar-refractivity contribution in [2.24, 2.45) is 0 Å². The first-order chi connectivity index (χ1) is 11.9. The molecule has 2 aromatic heterocycles. The highest BCUT2D eigenvalue weighted by Gasteiger charge is 2.30. The van der Waals surface area contributed by atoms with Gasteiger partial charge in [-0.25, -0.2) is 4.98 Å². The number of morpholine rings is 1. The Labute approximate surface area is 150 Å². The van der Waals surface area contributed by atoms with E-state index < -0.39 is 0 Å². The summed E-state index contributed by atoms with van der Waals surface area (Å²) in [5, 5.41) is 4.74. The molecule has 0 unspecified atom stereocenters. The van der Waals surface area contributed by atoms with Gasteiger partial charge in [0, 0.05) is 44.0 Å². The molecule has 138 valence electrons. The Balaban J connectivity index is 1.92. The van der Waals surface area contributed by atoms with Crippen LogP contribution in [0.25, 0.3) is 5.69 Å². The van der Waals surface area contributed by atoms with E-state index in [4.69, 9.17) is 14.8 Å². The summed E-state index contributed by atoms with van der Waals surface area (Å²) in [6.07, 6.45) is 5.07. The van der Waals surface area contributed by atoms with Crippen LogP contribution in [0.5, 0.6) is 0 Å². The van der Waals surface area contributed by atoms with E-state index in [-0.39, 0.29) is 5.41 Å². The Morgan fingerprint density at radius 3 is 2.60 bits per heavy atom. The van der Waals surface area contributed by atoms with Crippen molar-refractivity contribution in [3.8, 4) is 5.69 Å². The molecule has 1 saturated heterocycles. The van der Waals surface area contributed by atoms with Crippen molar-refractivity contribution >= 4 is 0 Å². The lowest BCUT2D eigenvalue weighted by Crippen LogP contribution is -2.44. The number of hydrogen-bond acceptors (Lipinski definition) is 4. The van der Waals surface area contributed by atoms with Gasteiger partial charge in [-0.3, -0.25) is 14.1 Å². The van der Waals surface area contributed by atoms with E-state index in [1.165, 1.54) is 11.4 Å². The zero-order valence-corrected chi connectivity index (χ0v) is 16.2. The number of imidazole rings is 1. The van der Waals surface area contributed by atoms with Gasteiger partial charge in [0.2, 0.25) is 0 Å². The second-order valence-electron chi connectivity index (χ2n) is 7.64. The molecule has 3 heterocycles. The zero-order chi connectivity index (χ0) is 18.0. The monoisotopic (exact) mass is 345 g/mol. The van der Waals surface area contributed by atoms with Gasteiger partial charge in [-0.05, 0) is 20.3 Å². The van der Waals surface area contributed by atoms with Gasteiger partial charge in [0.05, 0.1) is 30.3 Å². The lowest BCUT2D eigenvalue weighted by molar-refractivity contribution is 0.0288. The molecule has 0 amide bonds. The molecule has 0 atom stereocenters. The second-order valence-corrected chi connectivity index (χ2v) is 7.64. The van der Waals surface area contributed by atoms with Crippen molar-refractivity contribution in [3.05, 3.63) is 29.6 Å². The molecule has 0 aliphatic carbocycles. The maximum absolute atomic E-state index is 5.48. The molecule has 0 radical (unpaired) electrons. The fourth-order valence-corrected chi connectivity index (χ4v) is 3.84. The summed E-state index contributed by atoms with van der Waals surface area (Å²) in [6.45, 7) is 16.6. The molecule has 25 heavy (non-hydrogen) atoms. The predicted molar refractivity (Wildman–Crippen MR) is 99.4 cm³/mol. The number of nitrogens with zero attached hydrogens (tertiary/aromatic N) is 5. The topological polar surface area (TPSA) is 48.1 Å². The number of aryl methyl sites for hydroxylation is 2. The van der Waals surface area contributed by atoms with Gasteiger partial charge < -0.3 is 4.74 Å². The molecule has 2 aromatic rings. The van der Waals surface area contributed by atoms with Crippen LogP contribution in [-0.4, -0.2) is 57.1 Å². The second kappa shape index (κ2) is 7.30. The molecule has 0 saturated carbocycles. The van der Waals surface area contributed by atoms with Gasteiger partial charge in [0.25, 0.3) is 0 Å². The fourth-order valence-electron chi connectivity index (χ4n) is 3.84. The number of rotatable bonds is 6. The Hall–Kier alpha value is -1.66. The third-order valence-corrected chi connectivity index (χ3v) is 4.99. The van der Waals surface area contributed by atoms with Crippen molar-refractivity contribution in [1.82, 2.24) is 24.2 Å². The van der Waals surface area contributed by atoms with Crippen LogP contribution in [0, 0.1) is 13.8 Å². The Kier molecular flexibility index (Phi) is 5.29. The van der Waals surface area contributed by atoms with Gasteiger partial charge in [-0.15, -0.1) is 0 Å². The van der Waals surface area contributed by atoms with Crippen LogP contribution in [-0.2, 0) is 16.7 Å². The van der Waals surface area contributed by atoms with E-state index in [1.807, 2.05) is 6.20 Å². The molecule has 1 aliphatic heterocycles. The smallest absolute Gasteiger partial charge is 0.120 e. The summed E-state index contributed by atoms with van der Waals surface area (Å²) in [4.78, 5) is 7.21. The van der Waals surface area contributed by atoms with Gasteiger partial charge in [0.1, 0.15) is 5.82 Å². The molecule has 3 rings (SSSR count). The molecule has 0 N–H and O–H groups in total. The molecule has 6 nitrogen and oxygen atoms in total. The van der Waals surface area contributed by atoms with Crippen molar-refractivity contribution in [2.45, 2.75) is 53.0 Å². The largest absolute Gasteiger partial charge is 0.379 e. The van der Waals surface area contributed by atoms with E-state index in [0.29, 0.717) is 0 Å². The lowest BCUT2D eigenvalue weighted by atomic mass is 9.91. The third-order valence-electron chi connectivity index (χ3n) is 4.99. The minimum absolute atomic E-state index is 0.0490. The van der Waals surface area contributed by atoms with Gasteiger partial charge in [-0.1, -0.05) is 20.8 Å². The quantitative estimate of drug-likeness (QED) is 0.808. The first-order valence-corrected chi connectivity index (χ1v) is 9.32. The SMILES string of the molecule is CCCn1nc(C)c(-n2ccnc2C(C)(C)CN2CCOCC2)c1C. The molecule has 6 heteroatoms. The van der Waals surface area contributed by atoms with Gasteiger partial charge >= 0.3 is 0 Å². The molecule has 0 aromatic carbocycles.